The second-order valence-electron chi connectivity index (χ2n) is 3.80. The van der Waals surface area contributed by atoms with Gasteiger partial charge in [0.2, 0.25) is 0 Å². The quantitative estimate of drug-likeness (QED) is 0.415. The van der Waals surface area contributed by atoms with Gasteiger partial charge in [0, 0.05) is 6.04 Å². The minimum absolute atomic E-state index is 0.410. The minimum atomic E-state index is 0.410. The molecule has 0 radical (unpaired) electrons. The van der Waals surface area contributed by atoms with Crippen molar-refractivity contribution in [1.82, 2.24) is 5.32 Å². The maximum absolute atomic E-state index is 5.45. The number of hydrogen-bond donors (Lipinski definition) is 1. The summed E-state index contributed by atoms with van der Waals surface area (Å²) in [6.07, 6.45) is 8.36. The van der Waals surface area contributed by atoms with Crippen molar-refractivity contribution in [3.8, 4) is 0 Å². The molecule has 0 saturated carbocycles. The average Bonchev–Trinajstić information content (AvgIpc) is 2.55. The number of ether oxygens (including phenoxy) is 1. The lowest BCUT2D eigenvalue weighted by atomic mass is 10.0. The van der Waals surface area contributed by atoms with Crippen molar-refractivity contribution in [2.24, 2.45) is 0 Å². The van der Waals surface area contributed by atoms with Crippen LogP contribution in [0.5, 0.6) is 0 Å². The summed E-state index contributed by atoms with van der Waals surface area (Å²) in [5.41, 5.74) is 1.65. The summed E-state index contributed by atoms with van der Waals surface area (Å²) in [4.78, 5) is 0. The number of epoxide rings is 1. The van der Waals surface area contributed by atoms with Crippen molar-refractivity contribution < 1.29 is 4.74 Å². The average molecular weight is 151 g/mol. The van der Waals surface area contributed by atoms with Crippen LogP contribution in [0.4, 0.5) is 0 Å². The lowest BCUT2D eigenvalue weighted by molar-refractivity contribution is 0.328. The molecule has 2 heteroatoms. The highest BCUT2D eigenvalue weighted by Crippen LogP contribution is 2.34. The molecule has 2 aliphatic heterocycles. The molecule has 2 nitrogen and oxygen atoms in total. The van der Waals surface area contributed by atoms with Crippen molar-refractivity contribution in [3.63, 3.8) is 0 Å². The highest BCUT2D eigenvalue weighted by molar-refractivity contribution is 5.15. The fourth-order valence-electron chi connectivity index (χ4n) is 2.19. The van der Waals surface area contributed by atoms with E-state index >= 15 is 0 Å². The molecule has 2 saturated heterocycles. The maximum atomic E-state index is 5.45. The van der Waals surface area contributed by atoms with Crippen LogP contribution in [0.2, 0.25) is 0 Å². The van der Waals surface area contributed by atoms with Crippen LogP contribution in [-0.2, 0) is 4.74 Å². The van der Waals surface area contributed by atoms with E-state index in [2.05, 4.69) is 11.4 Å². The SMILES string of the molecule is C1=C2CCC3OC3NC(C1)C2. The Morgan fingerprint density at radius 1 is 1.55 bits per heavy atom. The zero-order valence-corrected chi connectivity index (χ0v) is 6.55. The zero-order chi connectivity index (χ0) is 7.26. The summed E-state index contributed by atoms with van der Waals surface area (Å²) in [5.74, 6) is 0. The number of nitrogens with one attached hydrogen (secondary N) is 1. The molecule has 3 aliphatic rings. The van der Waals surface area contributed by atoms with Crippen LogP contribution >= 0.6 is 0 Å². The molecule has 0 aromatic rings. The van der Waals surface area contributed by atoms with Gasteiger partial charge in [-0.2, -0.15) is 0 Å². The van der Waals surface area contributed by atoms with Gasteiger partial charge in [0.05, 0.1) is 6.10 Å². The Labute approximate surface area is 66.6 Å². The van der Waals surface area contributed by atoms with Crippen LogP contribution in [0.3, 0.4) is 0 Å². The third-order valence-corrected chi connectivity index (χ3v) is 2.93. The Morgan fingerprint density at radius 3 is 3.55 bits per heavy atom. The van der Waals surface area contributed by atoms with E-state index < -0.39 is 0 Å². The normalized spacial score (nSPS) is 47.3. The van der Waals surface area contributed by atoms with Gasteiger partial charge in [-0.3, -0.25) is 5.32 Å². The van der Waals surface area contributed by atoms with Crippen LogP contribution in [0.25, 0.3) is 0 Å². The van der Waals surface area contributed by atoms with Crippen molar-refractivity contribution in [3.05, 3.63) is 11.6 Å². The van der Waals surface area contributed by atoms with Gasteiger partial charge in [-0.1, -0.05) is 11.6 Å². The Bertz CT molecular complexity index is 212. The fraction of sp³-hybridized carbons (Fsp3) is 0.778. The monoisotopic (exact) mass is 151 g/mol. The van der Waals surface area contributed by atoms with Crippen LogP contribution < -0.4 is 5.32 Å². The maximum Gasteiger partial charge on any atom is 0.135 e. The van der Waals surface area contributed by atoms with E-state index in [1.807, 2.05) is 0 Å². The van der Waals surface area contributed by atoms with Gasteiger partial charge in [0.1, 0.15) is 6.23 Å². The first-order valence-corrected chi connectivity index (χ1v) is 4.51. The molecule has 0 aromatic carbocycles. The van der Waals surface area contributed by atoms with Gasteiger partial charge in [-0.25, -0.2) is 0 Å². The molecule has 1 N–H and O–H groups in total. The first-order valence-electron chi connectivity index (χ1n) is 4.51. The lowest BCUT2D eigenvalue weighted by Crippen LogP contribution is -2.31. The third-order valence-electron chi connectivity index (χ3n) is 2.93. The molecule has 0 amide bonds. The highest BCUT2D eigenvalue weighted by atomic mass is 16.6. The number of rotatable bonds is 0. The van der Waals surface area contributed by atoms with Crippen molar-refractivity contribution in [1.29, 1.82) is 0 Å². The van der Waals surface area contributed by atoms with Crippen molar-refractivity contribution in [2.75, 3.05) is 0 Å². The van der Waals surface area contributed by atoms with Crippen LogP contribution in [-0.4, -0.2) is 18.4 Å². The molecule has 11 heavy (non-hydrogen) atoms. The molecule has 2 bridgehead atoms. The zero-order valence-electron chi connectivity index (χ0n) is 6.55. The molecular weight excluding hydrogens is 138 g/mol. The molecule has 2 heterocycles. The van der Waals surface area contributed by atoms with Gasteiger partial charge in [-0.15, -0.1) is 0 Å². The first-order chi connectivity index (χ1) is 5.42. The molecule has 3 atom stereocenters. The Balaban J connectivity index is 1.78. The number of hydrogen-bond acceptors (Lipinski definition) is 2. The van der Waals surface area contributed by atoms with E-state index in [1.54, 1.807) is 5.57 Å². The Morgan fingerprint density at radius 2 is 2.55 bits per heavy atom. The Hall–Kier alpha value is -0.340. The van der Waals surface area contributed by atoms with E-state index in [-0.39, 0.29) is 0 Å². The van der Waals surface area contributed by atoms with E-state index in [0.717, 1.165) is 0 Å². The second kappa shape index (κ2) is 2.08. The van der Waals surface area contributed by atoms with E-state index in [0.29, 0.717) is 18.4 Å². The summed E-state index contributed by atoms with van der Waals surface area (Å²) < 4.78 is 5.45. The fourth-order valence-corrected chi connectivity index (χ4v) is 2.19. The predicted molar refractivity (Wildman–Crippen MR) is 42.1 cm³/mol. The summed E-state index contributed by atoms with van der Waals surface area (Å²) >= 11 is 0. The smallest absolute Gasteiger partial charge is 0.135 e. The van der Waals surface area contributed by atoms with E-state index in [9.17, 15) is 0 Å². The van der Waals surface area contributed by atoms with Gasteiger partial charge >= 0.3 is 0 Å². The molecule has 0 spiro atoms. The summed E-state index contributed by atoms with van der Waals surface area (Å²) in [5, 5.41) is 3.51. The number of fused-ring (bicyclic) bond motifs is 3. The molecule has 60 valence electrons. The van der Waals surface area contributed by atoms with Crippen LogP contribution in [0, 0.1) is 0 Å². The minimum Gasteiger partial charge on any atom is -0.353 e. The molecular formula is C9H13NO. The van der Waals surface area contributed by atoms with E-state index in [4.69, 9.17) is 4.74 Å². The summed E-state index contributed by atoms with van der Waals surface area (Å²) in [6.45, 7) is 0. The second-order valence-corrected chi connectivity index (χ2v) is 3.80. The van der Waals surface area contributed by atoms with Gasteiger partial charge in [0.15, 0.2) is 0 Å². The summed E-state index contributed by atoms with van der Waals surface area (Å²) in [6, 6.07) is 0.695. The molecule has 0 aromatic heterocycles. The molecule has 3 unspecified atom stereocenters. The lowest BCUT2D eigenvalue weighted by Gasteiger charge is -2.12. The largest absolute Gasteiger partial charge is 0.353 e. The molecule has 1 aliphatic carbocycles. The predicted octanol–water partition coefficient (Wildman–Crippen LogP) is 1.18. The van der Waals surface area contributed by atoms with Crippen molar-refractivity contribution in [2.45, 2.75) is 44.1 Å². The Kier molecular flexibility index (Phi) is 1.17. The highest BCUT2D eigenvalue weighted by Gasteiger charge is 2.41. The van der Waals surface area contributed by atoms with Crippen molar-refractivity contribution >= 4 is 0 Å². The van der Waals surface area contributed by atoms with Crippen LogP contribution in [0.15, 0.2) is 11.6 Å². The van der Waals surface area contributed by atoms with Crippen LogP contribution in [0.1, 0.15) is 25.7 Å². The topological polar surface area (TPSA) is 24.6 Å². The van der Waals surface area contributed by atoms with E-state index in [1.165, 1.54) is 25.7 Å². The molecule has 2 fully saturated rings. The standard InChI is InChI=1S/C9H13NO/c1-3-7-5-6(1)2-4-8-9(10-7)11-8/h1,7-10H,2-5H2. The third kappa shape index (κ3) is 1.01. The van der Waals surface area contributed by atoms with Gasteiger partial charge in [-0.05, 0) is 25.7 Å². The van der Waals surface area contributed by atoms with Gasteiger partial charge in [0.25, 0.3) is 0 Å². The summed E-state index contributed by atoms with van der Waals surface area (Å²) in [7, 11) is 0. The molecule has 3 rings (SSSR count). The van der Waals surface area contributed by atoms with Gasteiger partial charge < -0.3 is 4.74 Å². The first kappa shape index (κ1) is 6.21.